The predicted octanol–water partition coefficient (Wildman–Crippen LogP) is 3.43. The van der Waals surface area contributed by atoms with Crippen LogP contribution in [0.4, 0.5) is 5.69 Å². The van der Waals surface area contributed by atoms with E-state index < -0.39 is 0 Å². The zero-order valence-corrected chi connectivity index (χ0v) is 18.1. The largest absolute Gasteiger partial charge is 0.490 e. The summed E-state index contributed by atoms with van der Waals surface area (Å²) in [5.41, 5.74) is 2.41. The topological polar surface area (TPSA) is 67.0 Å². The van der Waals surface area contributed by atoms with Gasteiger partial charge in [0.25, 0.3) is 0 Å². The van der Waals surface area contributed by atoms with Crippen LogP contribution < -0.4 is 9.64 Å². The molecule has 1 aromatic heterocycles. The highest BCUT2D eigenvalue weighted by atomic mass is 16.5. The fourth-order valence-corrected chi connectivity index (χ4v) is 4.19. The molecule has 0 atom stereocenters. The van der Waals surface area contributed by atoms with E-state index in [4.69, 9.17) is 14.2 Å². The number of benzene rings is 1. The van der Waals surface area contributed by atoms with Gasteiger partial charge < -0.3 is 24.1 Å². The number of aromatic nitrogens is 1. The van der Waals surface area contributed by atoms with Crippen molar-refractivity contribution >= 4 is 22.6 Å². The first-order chi connectivity index (χ1) is 14.6. The molecule has 1 saturated carbocycles. The number of carbonyl (C=O) groups is 1. The zero-order valence-electron chi connectivity index (χ0n) is 18.1. The van der Waals surface area contributed by atoms with Gasteiger partial charge in [0, 0.05) is 50.9 Å². The molecule has 0 spiro atoms. The Balaban J connectivity index is 1.48. The van der Waals surface area contributed by atoms with E-state index in [1.165, 1.54) is 19.3 Å². The van der Waals surface area contributed by atoms with Crippen LogP contribution in [0.3, 0.4) is 0 Å². The molecular formula is C23H33N3O4. The van der Waals surface area contributed by atoms with Crippen molar-refractivity contribution in [2.75, 3.05) is 58.5 Å². The van der Waals surface area contributed by atoms with Gasteiger partial charge in [-0.05, 0) is 37.8 Å². The number of hydrogen-bond donors (Lipinski definition) is 1. The SMILES string of the molecule is CN(C)c1cc(OC2CCCCC2)c2cc(C(=O)OCCN3CCOCC3)[nH]c2c1. The highest BCUT2D eigenvalue weighted by Gasteiger charge is 2.20. The van der Waals surface area contributed by atoms with Crippen LogP contribution in [0.5, 0.6) is 5.75 Å². The second-order valence-corrected chi connectivity index (χ2v) is 8.45. The molecule has 0 amide bonds. The number of nitrogens with one attached hydrogen (secondary N) is 1. The van der Waals surface area contributed by atoms with Crippen LogP contribution in [0.25, 0.3) is 10.9 Å². The van der Waals surface area contributed by atoms with Gasteiger partial charge >= 0.3 is 5.97 Å². The molecule has 0 bridgehead atoms. The van der Waals surface area contributed by atoms with E-state index in [0.717, 1.165) is 68.0 Å². The Morgan fingerprint density at radius 1 is 1.17 bits per heavy atom. The number of aromatic amines is 1. The number of anilines is 1. The Kier molecular flexibility index (Phi) is 6.79. The third-order valence-electron chi connectivity index (χ3n) is 6.01. The Labute approximate surface area is 178 Å². The molecule has 0 radical (unpaired) electrons. The van der Waals surface area contributed by atoms with Crippen molar-refractivity contribution in [3.05, 3.63) is 23.9 Å². The van der Waals surface area contributed by atoms with Crippen LogP contribution in [0, 0.1) is 0 Å². The lowest BCUT2D eigenvalue weighted by Gasteiger charge is -2.26. The second kappa shape index (κ2) is 9.71. The Hall–Kier alpha value is -2.25. The van der Waals surface area contributed by atoms with Gasteiger partial charge in [-0.15, -0.1) is 0 Å². The monoisotopic (exact) mass is 415 g/mol. The number of rotatable bonds is 7. The van der Waals surface area contributed by atoms with Gasteiger partial charge in [-0.3, -0.25) is 4.90 Å². The molecule has 2 heterocycles. The van der Waals surface area contributed by atoms with E-state index in [-0.39, 0.29) is 12.1 Å². The van der Waals surface area contributed by atoms with E-state index in [2.05, 4.69) is 16.0 Å². The predicted molar refractivity (Wildman–Crippen MR) is 118 cm³/mol. The van der Waals surface area contributed by atoms with E-state index in [9.17, 15) is 4.79 Å². The van der Waals surface area contributed by atoms with E-state index >= 15 is 0 Å². The molecule has 0 unspecified atom stereocenters. The van der Waals surface area contributed by atoms with Crippen molar-refractivity contribution in [2.45, 2.75) is 38.2 Å². The lowest BCUT2D eigenvalue weighted by Crippen LogP contribution is -2.38. The van der Waals surface area contributed by atoms with Gasteiger partial charge in [0.2, 0.25) is 0 Å². The molecule has 7 heteroatoms. The molecule has 7 nitrogen and oxygen atoms in total. The normalized spacial score (nSPS) is 18.5. The maximum absolute atomic E-state index is 12.6. The van der Waals surface area contributed by atoms with Crippen molar-refractivity contribution in [1.82, 2.24) is 9.88 Å². The summed E-state index contributed by atoms with van der Waals surface area (Å²) >= 11 is 0. The molecule has 2 aliphatic rings. The average molecular weight is 416 g/mol. The molecule has 30 heavy (non-hydrogen) atoms. The van der Waals surface area contributed by atoms with Crippen LogP contribution in [-0.2, 0) is 9.47 Å². The lowest BCUT2D eigenvalue weighted by molar-refractivity contribution is 0.0193. The Morgan fingerprint density at radius 3 is 2.67 bits per heavy atom. The summed E-state index contributed by atoms with van der Waals surface area (Å²) in [7, 11) is 4.02. The number of H-pyrrole nitrogens is 1. The molecule has 2 fully saturated rings. The number of morpholine rings is 1. The van der Waals surface area contributed by atoms with Crippen molar-refractivity contribution in [3.63, 3.8) is 0 Å². The summed E-state index contributed by atoms with van der Waals surface area (Å²) in [6.45, 7) is 4.37. The highest BCUT2D eigenvalue weighted by Crippen LogP contribution is 2.34. The average Bonchev–Trinajstić information content (AvgIpc) is 3.20. The van der Waals surface area contributed by atoms with Crippen LogP contribution in [0.1, 0.15) is 42.6 Å². The molecule has 1 saturated heterocycles. The van der Waals surface area contributed by atoms with Gasteiger partial charge in [-0.2, -0.15) is 0 Å². The quantitative estimate of drug-likeness (QED) is 0.699. The molecule has 2 aromatic rings. The van der Waals surface area contributed by atoms with Crippen LogP contribution >= 0.6 is 0 Å². The molecule has 1 aromatic carbocycles. The van der Waals surface area contributed by atoms with Gasteiger partial charge in [0.1, 0.15) is 18.1 Å². The first kappa shape index (κ1) is 21.0. The minimum Gasteiger partial charge on any atom is -0.490 e. The summed E-state index contributed by atoms with van der Waals surface area (Å²) in [6, 6.07) is 5.98. The molecule has 4 rings (SSSR count). The van der Waals surface area contributed by atoms with Crippen molar-refractivity contribution in [3.8, 4) is 5.75 Å². The smallest absolute Gasteiger partial charge is 0.354 e. The van der Waals surface area contributed by atoms with Gasteiger partial charge in [-0.25, -0.2) is 4.79 Å². The lowest BCUT2D eigenvalue weighted by atomic mass is 9.98. The summed E-state index contributed by atoms with van der Waals surface area (Å²) in [6.07, 6.45) is 6.16. The maximum atomic E-state index is 12.6. The van der Waals surface area contributed by atoms with E-state index in [0.29, 0.717) is 12.3 Å². The Morgan fingerprint density at radius 2 is 1.93 bits per heavy atom. The zero-order chi connectivity index (χ0) is 20.9. The minimum absolute atomic E-state index is 0.248. The van der Waals surface area contributed by atoms with Gasteiger partial charge in [-0.1, -0.05) is 6.42 Å². The number of hydrogen-bond acceptors (Lipinski definition) is 6. The van der Waals surface area contributed by atoms with Crippen molar-refractivity contribution < 1.29 is 19.0 Å². The third kappa shape index (κ3) is 5.08. The van der Waals surface area contributed by atoms with E-state index in [1.54, 1.807) is 0 Å². The number of carbonyl (C=O) groups excluding carboxylic acids is 1. The standard InChI is InChI=1S/C23H33N3O4/c1-25(2)17-14-20-19(22(15-17)30-18-6-4-3-5-7-18)16-21(24-20)23(27)29-13-10-26-8-11-28-12-9-26/h14-16,18,24H,3-13H2,1-2H3. The highest BCUT2D eigenvalue weighted by molar-refractivity contribution is 5.98. The summed E-state index contributed by atoms with van der Waals surface area (Å²) < 4.78 is 17.3. The van der Waals surface area contributed by atoms with Crippen molar-refractivity contribution in [1.29, 1.82) is 0 Å². The Bertz CT molecular complexity index is 851. The van der Waals surface area contributed by atoms with Gasteiger partial charge in [0.15, 0.2) is 0 Å². The van der Waals surface area contributed by atoms with Crippen LogP contribution in [0.15, 0.2) is 18.2 Å². The fraction of sp³-hybridized carbons (Fsp3) is 0.609. The molecule has 164 valence electrons. The fourth-order valence-electron chi connectivity index (χ4n) is 4.19. The van der Waals surface area contributed by atoms with Crippen LogP contribution in [0.2, 0.25) is 0 Å². The van der Waals surface area contributed by atoms with E-state index in [1.807, 2.05) is 31.1 Å². The second-order valence-electron chi connectivity index (χ2n) is 8.45. The number of fused-ring (bicyclic) bond motifs is 1. The molecular weight excluding hydrogens is 382 g/mol. The minimum atomic E-state index is -0.325. The maximum Gasteiger partial charge on any atom is 0.354 e. The summed E-state index contributed by atoms with van der Waals surface area (Å²) in [4.78, 5) is 20.2. The molecule has 1 N–H and O–H groups in total. The van der Waals surface area contributed by atoms with Gasteiger partial charge in [0.05, 0.1) is 24.8 Å². The summed E-state index contributed by atoms with van der Waals surface area (Å²) in [5.74, 6) is 0.515. The van der Waals surface area contributed by atoms with Crippen molar-refractivity contribution in [2.24, 2.45) is 0 Å². The van der Waals surface area contributed by atoms with Crippen LogP contribution in [-0.4, -0.2) is 75.5 Å². The number of nitrogens with zero attached hydrogens (tertiary/aromatic N) is 2. The number of ether oxygens (including phenoxy) is 3. The third-order valence-corrected chi connectivity index (χ3v) is 6.01. The summed E-state index contributed by atoms with van der Waals surface area (Å²) in [5, 5.41) is 0.936. The first-order valence-corrected chi connectivity index (χ1v) is 11.1. The number of esters is 1. The molecule has 1 aliphatic carbocycles. The first-order valence-electron chi connectivity index (χ1n) is 11.1. The molecule has 1 aliphatic heterocycles.